The number of hydrogen-bond donors (Lipinski definition) is 2. The highest BCUT2D eigenvalue weighted by atomic mass is 32.2. The number of nitrogens with one attached hydrogen (secondary N) is 2. The zero-order valence-corrected chi connectivity index (χ0v) is 18.9. The molecule has 0 aliphatic carbocycles. The Balaban J connectivity index is 1.65. The van der Waals surface area contributed by atoms with Gasteiger partial charge in [0.1, 0.15) is 11.6 Å². The SMILES string of the molecule is CCNC(=NCc1ccc(N2CCOCC2)c(F)c1)NCc1ccc(F)cc1CSC. The molecule has 0 unspecified atom stereocenters. The van der Waals surface area contributed by atoms with Gasteiger partial charge in [-0.15, -0.1) is 0 Å². The first-order chi connectivity index (χ1) is 15.1. The monoisotopic (exact) mass is 448 g/mol. The van der Waals surface area contributed by atoms with Crippen LogP contribution in [-0.4, -0.2) is 45.1 Å². The number of aliphatic imine (C=N–C) groups is 1. The molecule has 0 bridgehead atoms. The topological polar surface area (TPSA) is 48.9 Å². The van der Waals surface area contributed by atoms with E-state index in [1.807, 2.05) is 30.2 Å². The van der Waals surface area contributed by atoms with E-state index in [1.165, 1.54) is 6.07 Å². The summed E-state index contributed by atoms with van der Waals surface area (Å²) in [7, 11) is 0. The van der Waals surface area contributed by atoms with Gasteiger partial charge in [0, 0.05) is 31.9 Å². The van der Waals surface area contributed by atoms with Crippen molar-refractivity contribution in [3.8, 4) is 0 Å². The number of rotatable bonds is 8. The molecule has 1 aliphatic heterocycles. The molecule has 0 amide bonds. The lowest BCUT2D eigenvalue weighted by Crippen LogP contribution is -2.37. The highest BCUT2D eigenvalue weighted by Gasteiger charge is 2.15. The van der Waals surface area contributed by atoms with Crippen molar-refractivity contribution in [3.05, 3.63) is 64.7 Å². The van der Waals surface area contributed by atoms with E-state index < -0.39 is 0 Å². The Hall–Kier alpha value is -2.32. The average molecular weight is 449 g/mol. The lowest BCUT2D eigenvalue weighted by molar-refractivity contribution is 0.122. The van der Waals surface area contributed by atoms with Gasteiger partial charge in [0.15, 0.2) is 5.96 Å². The molecular weight excluding hydrogens is 418 g/mol. The zero-order chi connectivity index (χ0) is 22.1. The third-order valence-electron chi connectivity index (χ3n) is 5.04. The number of morpholine rings is 1. The molecule has 1 fully saturated rings. The highest BCUT2D eigenvalue weighted by Crippen LogP contribution is 2.22. The summed E-state index contributed by atoms with van der Waals surface area (Å²) in [6.07, 6.45) is 2.00. The van der Waals surface area contributed by atoms with Crippen LogP contribution in [0.15, 0.2) is 41.4 Å². The minimum absolute atomic E-state index is 0.226. The molecule has 31 heavy (non-hydrogen) atoms. The van der Waals surface area contributed by atoms with Crippen molar-refractivity contribution >= 4 is 23.4 Å². The first kappa shape index (κ1) is 23.3. The van der Waals surface area contributed by atoms with Gasteiger partial charge in [-0.3, -0.25) is 0 Å². The van der Waals surface area contributed by atoms with E-state index in [2.05, 4.69) is 15.6 Å². The number of ether oxygens (including phenoxy) is 1. The van der Waals surface area contributed by atoms with Gasteiger partial charge in [0.05, 0.1) is 25.4 Å². The molecule has 0 saturated carbocycles. The number of anilines is 1. The van der Waals surface area contributed by atoms with E-state index in [0.29, 0.717) is 57.6 Å². The molecule has 5 nitrogen and oxygen atoms in total. The number of halogens is 2. The van der Waals surface area contributed by atoms with Crippen molar-refractivity contribution < 1.29 is 13.5 Å². The number of nitrogens with zero attached hydrogens (tertiary/aromatic N) is 2. The van der Waals surface area contributed by atoms with Gasteiger partial charge in [0.2, 0.25) is 0 Å². The van der Waals surface area contributed by atoms with E-state index in [1.54, 1.807) is 30.0 Å². The molecule has 1 aliphatic rings. The summed E-state index contributed by atoms with van der Waals surface area (Å²) in [5.74, 6) is 0.924. The van der Waals surface area contributed by atoms with Crippen LogP contribution in [0.5, 0.6) is 0 Å². The summed E-state index contributed by atoms with van der Waals surface area (Å²) in [5, 5.41) is 6.50. The van der Waals surface area contributed by atoms with Crippen LogP contribution in [0.25, 0.3) is 0 Å². The van der Waals surface area contributed by atoms with Crippen LogP contribution in [0.4, 0.5) is 14.5 Å². The van der Waals surface area contributed by atoms with E-state index in [4.69, 9.17) is 4.74 Å². The van der Waals surface area contributed by atoms with E-state index in [9.17, 15) is 8.78 Å². The van der Waals surface area contributed by atoms with Gasteiger partial charge in [-0.25, -0.2) is 13.8 Å². The second kappa shape index (κ2) is 11.9. The fraction of sp³-hybridized carbons (Fsp3) is 0.435. The Kier molecular flexibility index (Phi) is 8.97. The second-order valence-electron chi connectivity index (χ2n) is 7.28. The molecular formula is C23H30F2N4OS. The van der Waals surface area contributed by atoms with Crippen LogP contribution in [0.3, 0.4) is 0 Å². The molecule has 0 atom stereocenters. The van der Waals surface area contributed by atoms with Crippen LogP contribution in [0.1, 0.15) is 23.6 Å². The minimum atomic E-state index is -0.236. The van der Waals surface area contributed by atoms with Crippen molar-refractivity contribution in [3.63, 3.8) is 0 Å². The average Bonchev–Trinajstić information content (AvgIpc) is 2.77. The lowest BCUT2D eigenvalue weighted by Gasteiger charge is -2.29. The largest absolute Gasteiger partial charge is 0.378 e. The van der Waals surface area contributed by atoms with Crippen molar-refractivity contribution in [2.75, 3.05) is 44.0 Å². The van der Waals surface area contributed by atoms with E-state index in [-0.39, 0.29) is 11.6 Å². The van der Waals surface area contributed by atoms with Gasteiger partial charge in [-0.05, 0) is 54.1 Å². The van der Waals surface area contributed by atoms with E-state index >= 15 is 0 Å². The quantitative estimate of drug-likeness (QED) is 0.474. The normalized spacial score (nSPS) is 14.6. The molecule has 3 rings (SSSR count). The number of benzene rings is 2. The summed E-state index contributed by atoms with van der Waals surface area (Å²) < 4.78 is 33.5. The maximum atomic E-state index is 14.6. The summed E-state index contributed by atoms with van der Waals surface area (Å²) in [6.45, 7) is 6.23. The number of guanidine groups is 1. The van der Waals surface area contributed by atoms with Gasteiger partial charge >= 0.3 is 0 Å². The van der Waals surface area contributed by atoms with Crippen molar-refractivity contribution in [1.82, 2.24) is 10.6 Å². The van der Waals surface area contributed by atoms with Crippen LogP contribution in [-0.2, 0) is 23.6 Å². The molecule has 0 aromatic heterocycles. The van der Waals surface area contributed by atoms with Crippen molar-refractivity contribution in [1.29, 1.82) is 0 Å². The Morgan fingerprint density at radius 2 is 1.90 bits per heavy atom. The van der Waals surface area contributed by atoms with Gasteiger partial charge < -0.3 is 20.3 Å². The Bertz CT molecular complexity index is 888. The number of thioether (sulfide) groups is 1. The predicted octanol–water partition coefficient (Wildman–Crippen LogP) is 3.92. The van der Waals surface area contributed by atoms with Crippen LogP contribution < -0.4 is 15.5 Å². The molecule has 168 valence electrons. The standard InChI is InChI=1S/C23H30F2N4OS/c1-3-26-23(28-15-18-5-6-20(24)13-19(18)16-31-2)27-14-17-4-7-22(21(25)12-17)29-8-10-30-11-9-29/h4-7,12-13H,3,8-11,14-16H2,1-2H3,(H2,26,27,28). The molecule has 2 aromatic rings. The highest BCUT2D eigenvalue weighted by molar-refractivity contribution is 7.97. The van der Waals surface area contributed by atoms with E-state index in [0.717, 1.165) is 22.4 Å². The minimum Gasteiger partial charge on any atom is -0.378 e. The Morgan fingerprint density at radius 1 is 1.10 bits per heavy atom. The molecule has 2 aromatic carbocycles. The third-order valence-corrected chi connectivity index (χ3v) is 5.64. The summed E-state index contributed by atoms with van der Waals surface area (Å²) >= 11 is 1.66. The third kappa shape index (κ3) is 6.83. The molecule has 0 spiro atoms. The van der Waals surface area contributed by atoms with Crippen LogP contribution in [0, 0.1) is 11.6 Å². The van der Waals surface area contributed by atoms with Gasteiger partial charge in [-0.2, -0.15) is 11.8 Å². The summed E-state index contributed by atoms with van der Waals surface area (Å²) in [5.41, 5.74) is 3.41. The summed E-state index contributed by atoms with van der Waals surface area (Å²) in [6, 6.07) is 10.1. The molecule has 2 N–H and O–H groups in total. The zero-order valence-electron chi connectivity index (χ0n) is 18.1. The first-order valence-electron chi connectivity index (χ1n) is 10.5. The lowest BCUT2D eigenvalue weighted by atomic mass is 10.1. The van der Waals surface area contributed by atoms with Gasteiger partial charge in [0.25, 0.3) is 0 Å². The van der Waals surface area contributed by atoms with Crippen molar-refractivity contribution in [2.24, 2.45) is 4.99 Å². The molecule has 1 saturated heterocycles. The Morgan fingerprint density at radius 3 is 2.61 bits per heavy atom. The smallest absolute Gasteiger partial charge is 0.191 e. The molecule has 0 radical (unpaired) electrons. The fourth-order valence-electron chi connectivity index (χ4n) is 3.46. The Labute approximate surface area is 187 Å². The van der Waals surface area contributed by atoms with Crippen molar-refractivity contribution in [2.45, 2.75) is 25.8 Å². The van der Waals surface area contributed by atoms with Gasteiger partial charge in [-0.1, -0.05) is 12.1 Å². The maximum Gasteiger partial charge on any atom is 0.191 e. The number of hydrogen-bond acceptors (Lipinski definition) is 4. The molecule has 8 heteroatoms. The predicted molar refractivity (Wildman–Crippen MR) is 125 cm³/mol. The van der Waals surface area contributed by atoms with Crippen LogP contribution >= 0.6 is 11.8 Å². The molecule has 1 heterocycles. The van der Waals surface area contributed by atoms with Crippen LogP contribution in [0.2, 0.25) is 0 Å². The second-order valence-corrected chi connectivity index (χ2v) is 8.15. The maximum absolute atomic E-state index is 14.6. The fourth-order valence-corrected chi connectivity index (χ4v) is 4.04. The first-order valence-corrected chi connectivity index (χ1v) is 11.9. The summed E-state index contributed by atoms with van der Waals surface area (Å²) in [4.78, 5) is 6.60.